The Hall–Kier alpha value is -1.89. The maximum Gasteiger partial charge on any atom is 0.276 e. The lowest BCUT2D eigenvalue weighted by Crippen LogP contribution is -2.56. The van der Waals surface area contributed by atoms with E-state index in [0.717, 1.165) is 25.9 Å². The van der Waals surface area contributed by atoms with E-state index in [4.69, 9.17) is 4.42 Å². The van der Waals surface area contributed by atoms with E-state index in [-0.39, 0.29) is 17.9 Å². The second-order valence-corrected chi connectivity index (χ2v) is 6.87. The molecule has 1 atom stereocenters. The molecule has 25 heavy (non-hydrogen) atoms. The van der Waals surface area contributed by atoms with Gasteiger partial charge in [-0.15, -0.1) is 0 Å². The van der Waals surface area contributed by atoms with E-state index in [9.17, 15) is 9.59 Å². The summed E-state index contributed by atoms with van der Waals surface area (Å²) in [5.41, 5.74) is 0.424. The van der Waals surface area contributed by atoms with E-state index in [1.54, 1.807) is 0 Å². The molecule has 0 N–H and O–H groups in total. The highest BCUT2D eigenvalue weighted by atomic mass is 16.3. The molecule has 0 aromatic carbocycles. The minimum atomic E-state index is -0.117. The first-order valence-corrected chi connectivity index (χ1v) is 9.36. The molecule has 0 saturated carbocycles. The maximum absolute atomic E-state index is 12.7. The van der Waals surface area contributed by atoms with Crippen LogP contribution in [0.2, 0.25) is 0 Å². The fourth-order valence-corrected chi connectivity index (χ4v) is 3.69. The summed E-state index contributed by atoms with van der Waals surface area (Å²) < 4.78 is 5.26. The van der Waals surface area contributed by atoms with Crippen LogP contribution < -0.4 is 0 Å². The van der Waals surface area contributed by atoms with Gasteiger partial charge in [-0.3, -0.25) is 14.5 Å². The minimum Gasteiger partial charge on any atom is -0.448 e. The molecule has 3 heterocycles. The van der Waals surface area contributed by atoms with Crippen molar-refractivity contribution < 1.29 is 14.0 Å². The van der Waals surface area contributed by atoms with Crippen molar-refractivity contribution in [2.24, 2.45) is 0 Å². The Balaban J connectivity index is 1.54. The molecule has 0 unspecified atom stereocenters. The van der Waals surface area contributed by atoms with Crippen LogP contribution in [-0.2, 0) is 11.2 Å². The van der Waals surface area contributed by atoms with Crippen LogP contribution in [0.15, 0.2) is 10.8 Å². The first-order chi connectivity index (χ1) is 12.1. The van der Waals surface area contributed by atoms with Crippen LogP contribution in [0.3, 0.4) is 0 Å². The van der Waals surface area contributed by atoms with Crippen LogP contribution in [0.1, 0.15) is 49.4 Å². The summed E-state index contributed by atoms with van der Waals surface area (Å²) in [6.07, 6.45) is 5.43. The number of piperidine rings is 1. The minimum absolute atomic E-state index is 0.0692. The van der Waals surface area contributed by atoms with Gasteiger partial charge in [-0.05, 0) is 26.2 Å². The third kappa shape index (κ3) is 3.86. The van der Waals surface area contributed by atoms with Gasteiger partial charge >= 0.3 is 0 Å². The van der Waals surface area contributed by atoms with Crippen molar-refractivity contribution in [1.82, 2.24) is 19.7 Å². The fraction of sp³-hybridized carbons (Fsp3) is 0.722. The van der Waals surface area contributed by atoms with Gasteiger partial charge in [0, 0.05) is 45.7 Å². The molecule has 2 aliphatic rings. The SMILES string of the molecule is CCc1ocnc1C(=O)N1CCN([C@H](C)C(=O)N2CCCCC2)CC1. The van der Waals surface area contributed by atoms with E-state index in [1.807, 2.05) is 23.6 Å². The molecule has 2 saturated heterocycles. The van der Waals surface area contributed by atoms with Gasteiger partial charge < -0.3 is 14.2 Å². The number of nitrogens with zero attached hydrogens (tertiary/aromatic N) is 4. The molecule has 1 aromatic heterocycles. The summed E-state index contributed by atoms with van der Waals surface area (Å²) in [6.45, 7) is 8.36. The topological polar surface area (TPSA) is 69.9 Å². The monoisotopic (exact) mass is 348 g/mol. The summed E-state index contributed by atoms with van der Waals surface area (Å²) in [5, 5.41) is 0. The highest BCUT2D eigenvalue weighted by Crippen LogP contribution is 2.16. The molecule has 0 spiro atoms. The number of aromatic nitrogens is 1. The Morgan fingerprint density at radius 1 is 1.08 bits per heavy atom. The van der Waals surface area contributed by atoms with E-state index >= 15 is 0 Å². The van der Waals surface area contributed by atoms with Crippen molar-refractivity contribution >= 4 is 11.8 Å². The lowest BCUT2D eigenvalue weighted by atomic mass is 10.1. The molecule has 2 fully saturated rings. The fourth-order valence-electron chi connectivity index (χ4n) is 3.69. The number of oxazole rings is 1. The van der Waals surface area contributed by atoms with Gasteiger partial charge in [0.05, 0.1) is 6.04 Å². The lowest BCUT2D eigenvalue weighted by Gasteiger charge is -2.39. The van der Waals surface area contributed by atoms with Crippen LogP contribution in [0.25, 0.3) is 0 Å². The van der Waals surface area contributed by atoms with E-state index in [1.165, 1.54) is 12.8 Å². The zero-order chi connectivity index (χ0) is 17.8. The molecular formula is C18H28N4O3. The summed E-state index contributed by atoms with van der Waals surface area (Å²) >= 11 is 0. The Morgan fingerprint density at radius 2 is 1.76 bits per heavy atom. The van der Waals surface area contributed by atoms with Crippen LogP contribution in [-0.4, -0.2) is 76.8 Å². The van der Waals surface area contributed by atoms with Crippen LogP contribution >= 0.6 is 0 Å². The summed E-state index contributed by atoms with van der Waals surface area (Å²) in [5.74, 6) is 0.797. The summed E-state index contributed by atoms with van der Waals surface area (Å²) in [6, 6.07) is -0.117. The Labute approximate surface area is 149 Å². The number of aryl methyl sites for hydroxylation is 1. The average molecular weight is 348 g/mol. The summed E-state index contributed by atoms with van der Waals surface area (Å²) in [4.78, 5) is 35.3. The van der Waals surface area contributed by atoms with Crippen LogP contribution in [0.4, 0.5) is 0 Å². The Bertz CT molecular complexity index is 601. The first kappa shape index (κ1) is 17.9. The highest BCUT2D eigenvalue weighted by Gasteiger charge is 2.31. The normalized spacial score (nSPS) is 20.6. The third-order valence-electron chi connectivity index (χ3n) is 5.34. The van der Waals surface area contributed by atoms with Crippen molar-refractivity contribution in [3.63, 3.8) is 0 Å². The van der Waals surface area contributed by atoms with Gasteiger partial charge in [-0.25, -0.2) is 4.98 Å². The third-order valence-corrected chi connectivity index (χ3v) is 5.34. The first-order valence-electron chi connectivity index (χ1n) is 9.36. The predicted molar refractivity (Wildman–Crippen MR) is 93.3 cm³/mol. The van der Waals surface area contributed by atoms with Gasteiger partial charge in [0.2, 0.25) is 5.91 Å². The molecule has 7 heteroatoms. The van der Waals surface area contributed by atoms with Crippen molar-refractivity contribution in [3.05, 3.63) is 17.8 Å². The van der Waals surface area contributed by atoms with Gasteiger partial charge in [0.1, 0.15) is 5.76 Å². The van der Waals surface area contributed by atoms with E-state index in [0.29, 0.717) is 44.1 Å². The van der Waals surface area contributed by atoms with Crippen LogP contribution in [0.5, 0.6) is 0 Å². The molecule has 0 aliphatic carbocycles. The van der Waals surface area contributed by atoms with Crippen molar-refractivity contribution in [3.8, 4) is 0 Å². The van der Waals surface area contributed by atoms with Crippen molar-refractivity contribution in [1.29, 1.82) is 0 Å². The molecule has 0 bridgehead atoms. The predicted octanol–water partition coefficient (Wildman–Crippen LogP) is 1.40. The highest BCUT2D eigenvalue weighted by molar-refractivity contribution is 5.93. The number of carbonyl (C=O) groups excluding carboxylic acids is 2. The van der Waals surface area contributed by atoms with Gasteiger partial charge in [-0.1, -0.05) is 6.92 Å². The van der Waals surface area contributed by atoms with E-state index in [2.05, 4.69) is 9.88 Å². The average Bonchev–Trinajstić information content (AvgIpc) is 3.16. The molecule has 2 amide bonds. The zero-order valence-corrected chi connectivity index (χ0v) is 15.2. The maximum atomic E-state index is 12.7. The zero-order valence-electron chi connectivity index (χ0n) is 15.2. The second kappa shape index (κ2) is 7.99. The van der Waals surface area contributed by atoms with E-state index < -0.39 is 0 Å². The van der Waals surface area contributed by atoms with Gasteiger partial charge in [-0.2, -0.15) is 0 Å². The molecule has 3 rings (SSSR count). The molecule has 1 aromatic rings. The number of amides is 2. The number of piperazine rings is 1. The number of carbonyl (C=O) groups is 2. The molecule has 138 valence electrons. The quantitative estimate of drug-likeness (QED) is 0.822. The van der Waals surface area contributed by atoms with Crippen molar-refractivity contribution in [2.45, 2.75) is 45.6 Å². The Morgan fingerprint density at radius 3 is 2.40 bits per heavy atom. The molecular weight excluding hydrogens is 320 g/mol. The molecule has 2 aliphatic heterocycles. The largest absolute Gasteiger partial charge is 0.448 e. The number of likely N-dealkylation sites (tertiary alicyclic amines) is 1. The van der Waals surface area contributed by atoms with Gasteiger partial charge in [0.25, 0.3) is 5.91 Å². The summed E-state index contributed by atoms with van der Waals surface area (Å²) in [7, 11) is 0. The standard InChI is InChI=1S/C18H28N4O3/c1-3-15-16(19-13-25-15)18(24)22-11-9-20(10-12-22)14(2)17(23)21-7-5-4-6-8-21/h13-14H,3-12H2,1-2H3/t14-/m1/s1. The number of hydrogen-bond donors (Lipinski definition) is 0. The lowest BCUT2D eigenvalue weighted by molar-refractivity contribution is -0.137. The second-order valence-electron chi connectivity index (χ2n) is 6.87. The van der Waals surface area contributed by atoms with Crippen LogP contribution in [0, 0.1) is 0 Å². The van der Waals surface area contributed by atoms with Crippen molar-refractivity contribution in [2.75, 3.05) is 39.3 Å². The molecule has 0 radical (unpaired) electrons. The van der Waals surface area contributed by atoms with Gasteiger partial charge in [0.15, 0.2) is 12.1 Å². The molecule has 7 nitrogen and oxygen atoms in total. The smallest absolute Gasteiger partial charge is 0.276 e. The number of hydrogen-bond acceptors (Lipinski definition) is 5. The Kier molecular flexibility index (Phi) is 5.73. The number of rotatable bonds is 4.